The lowest BCUT2D eigenvalue weighted by molar-refractivity contribution is 0.531. The molecule has 0 bridgehead atoms. The lowest BCUT2D eigenvalue weighted by Gasteiger charge is -2.05. The Morgan fingerprint density at radius 1 is 0.237 bits per heavy atom. The van der Waals surface area contributed by atoms with Crippen LogP contribution < -0.4 is 0 Å². The topological polar surface area (TPSA) is 0 Å². The van der Waals surface area contributed by atoms with Crippen LogP contribution in [0.15, 0.2) is 0 Å². The molecule has 1 heteroatoms. The van der Waals surface area contributed by atoms with Crippen LogP contribution in [0, 0.1) is 0 Å². The molecule has 0 aromatic carbocycles. The summed E-state index contributed by atoms with van der Waals surface area (Å²) in [6.07, 6.45) is 49.9. The van der Waals surface area contributed by atoms with E-state index in [0.29, 0.717) is 10.9 Å². The van der Waals surface area contributed by atoms with Crippen LogP contribution in [-0.4, -0.2) is 17.8 Å². The fourth-order valence-electron chi connectivity index (χ4n) is 5.90. The van der Waals surface area contributed by atoms with Gasteiger partial charge in [0.1, 0.15) is 11.5 Å². The maximum absolute atomic E-state index is 2.54. The molecule has 0 amide bonds. The molecule has 0 spiro atoms. The fraction of sp³-hybridized carbons (Fsp3) is 1.00. The molecule has 0 fully saturated rings. The first-order valence-electron chi connectivity index (χ1n) is 18.4. The van der Waals surface area contributed by atoms with Crippen LogP contribution in [0.2, 0.25) is 0 Å². The summed E-state index contributed by atoms with van der Waals surface area (Å²) in [6.45, 7) is 4.62. The van der Waals surface area contributed by atoms with Gasteiger partial charge in [0, 0.05) is 0 Å². The largest absolute Gasteiger partial charge is 0.107 e. The first kappa shape index (κ1) is 38.4. The van der Waals surface area contributed by atoms with Gasteiger partial charge in [-0.1, -0.05) is 194 Å². The molecular formula is C37H77S+. The summed E-state index contributed by atoms with van der Waals surface area (Å²) in [4.78, 5) is 0. The third kappa shape index (κ3) is 34.4. The molecule has 0 aliphatic heterocycles. The van der Waals surface area contributed by atoms with Crippen molar-refractivity contribution in [3.63, 3.8) is 0 Å². The molecule has 0 aromatic heterocycles. The maximum Gasteiger partial charge on any atom is 0.107 e. The van der Waals surface area contributed by atoms with Crippen molar-refractivity contribution in [2.75, 3.05) is 17.8 Å². The zero-order chi connectivity index (χ0) is 27.6. The second-order valence-corrected chi connectivity index (χ2v) is 15.2. The predicted octanol–water partition coefficient (Wildman–Crippen LogP) is 13.8. The number of hydrogen-bond acceptors (Lipinski definition) is 0. The molecule has 0 aliphatic rings. The molecular weight excluding hydrogens is 476 g/mol. The Morgan fingerprint density at radius 2 is 0.395 bits per heavy atom. The highest BCUT2D eigenvalue weighted by Gasteiger charge is 2.09. The van der Waals surface area contributed by atoms with Gasteiger partial charge in [0.05, 0.1) is 6.26 Å². The Bertz CT molecular complexity index is 356. The first-order chi connectivity index (χ1) is 18.8. The van der Waals surface area contributed by atoms with Crippen molar-refractivity contribution >= 4 is 10.9 Å². The normalized spacial score (nSPS) is 11.7. The molecule has 0 saturated carbocycles. The molecule has 0 N–H and O–H groups in total. The van der Waals surface area contributed by atoms with Crippen LogP contribution in [0.25, 0.3) is 0 Å². The average Bonchev–Trinajstić information content (AvgIpc) is 2.92. The van der Waals surface area contributed by atoms with E-state index >= 15 is 0 Å². The van der Waals surface area contributed by atoms with Crippen molar-refractivity contribution in [3.8, 4) is 0 Å². The van der Waals surface area contributed by atoms with Crippen LogP contribution in [-0.2, 0) is 10.9 Å². The Kier molecular flexibility index (Phi) is 35.7. The van der Waals surface area contributed by atoms with Crippen LogP contribution in [0.4, 0.5) is 0 Å². The van der Waals surface area contributed by atoms with Crippen molar-refractivity contribution in [2.24, 2.45) is 0 Å². The Morgan fingerprint density at radius 3 is 0.579 bits per heavy atom. The van der Waals surface area contributed by atoms with E-state index in [-0.39, 0.29) is 0 Å². The molecule has 0 aliphatic carbocycles. The van der Waals surface area contributed by atoms with E-state index in [4.69, 9.17) is 0 Å². The first-order valence-corrected chi connectivity index (χ1v) is 20.4. The highest BCUT2D eigenvalue weighted by atomic mass is 32.2. The van der Waals surface area contributed by atoms with Crippen molar-refractivity contribution in [3.05, 3.63) is 0 Å². The smallest absolute Gasteiger partial charge is 0.0654 e. The molecule has 38 heavy (non-hydrogen) atoms. The summed E-state index contributed by atoms with van der Waals surface area (Å²) in [7, 11) is 0.695. The fourth-order valence-corrected chi connectivity index (χ4v) is 7.49. The summed E-state index contributed by atoms with van der Waals surface area (Å²) < 4.78 is 0. The Balaban J connectivity index is 3.13. The molecule has 0 nitrogen and oxygen atoms in total. The van der Waals surface area contributed by atoms with Crippen molar-refractivity contribution in [2.45, 2.75) is 219 Å². The van der Waals surface area contributed by atoms with E-state index in [1.807, 2.05) is 0 Å². The van der Waals surface area contributed by atoms with Crippen LogP contribution in [0.3, 0.4) is 0 Å². The monoisotopic (exact) mass is 554 g/mol. The summed E-state index contributed by atoms with van der Waals surface area (Å²) in [5.41, 5.74) is 0. The maximum atomic E-state index is 2.54. The molecule has 0 aromatic rings. The van der Waals surface area contributed by atoms with E-state index in [2.05, 4.69) is 20.1 Å². The van der Waals surface area contributed by atoms with Gasteiger partial charge in [0.2, 0.25) is 0 Å². The SMILES string of the molecule is CCCCCCCCCCCCCCCCCC[S+](C)CCCCCCCCCCCCCCCCCC. The summed E-state index contributed by atoms with van der Waals surface area (Å²) in [6, 6.07) is 0. The van der Waals surface area contributed by atoms with Gasteiger partial charge < -0.3 is 0 Å². The third-order valence-electron chi connectivity index (χ3n) is 8.69. The summed E-state index contributed by atoms with van der Waals surface area (Å²) in [5, 5.41) is 0. The minimum absolute atomic E-state index is 0.695. The van der Waals surface area contributed by atoms with Gasteiger partial charge in [0.25, 0.3) is 0 Å². The second kappa shape index (κ2) is 35.4. The van der Waals surface area contributed by atoms with Gasteiger partial charge in [-0.2, -0.15) is 0 Å². The minimum Gasteiger partial charge on any atom is -0.0654 e. The zero-order valence-electron chi connectivity index (χ0n) is 27.4. The van der Waals surface area contributed by atoms with Crippen molar-refractivity contribution < 1.29 is 0 Å². The number of unbranched alkanes of at least 4 members (excludes halogenated alkanes) is 30. The van der Waals surface area contributed by atoms with E-state index in [1.54, 1.807) is 0 Å². The van der Waals surface area contributed by atoms with Gasteiger partial charge in [-0.15, -0.1) is 0 Å². The zero-order valence-corrected chi connectivity index (χ0v) is 28.3. The Hall–Kier alpha value is 0.350. The molecule has 0 saturated heterocycles. The molecule has 0 unspecified atom stereocenters. The molecule has 0 rings (SSSR count). The highest BCUT2D eigenvalue weighted by Crippen LogP contribution is 2.16. The molecule has 0 atom stereocenters. The molecule has 0 radical (unpaired) electrons. The van der Waals surface area contributed by atoms with E-state index < -0.39 is 0 Å². The minimum atomic E-state index is 0.695. The standard InChI is InChI=1S/C37H77S/c1-4-6-8-10-12-14-16-18-20-22-24-26-28-30-32-34-36-38(3)37-35-33-31-29-27-25-23-21-19-17-15-13-11-9-7-5-2/h4-37H2,1-3H3/q+1. The van der Waals surface area contributed by atoms with Gasteiger partial charge in [0.15, 0.2) is 0 Å². The second-order valence-electron chi connectivity index (χ2n) is 12.8. The van der Waals surface area contributed by atoms with Gasteiger partial charge in [-0.25, -0.2) is 0 Å². The number of hydrogen-bond donors (Lipinski definition) is 0. The van der Waals surface area contributed by atoms with E-state index in [1.165, 1.54) is 217 Å². The average molecular weight is 554 g/mol. The van der Waals surface area contributed by atoms with Gasteiger partial charge in [-0.05, 0) is 36.6 Å². The third-order valence-corrected chi connectivity index (χ3v) is 10.7. The summed E-state index contributed by atoms with van der Waals surface area (Å²) in [5.74, 6) is 3.02. The van der Waals surface area contributed by atoms with Crippen LogP contribution in [0.1, 0.15) is 219 Å². The summed E-state index contributed by atoms with van der Waals surface area (Å²) >= 11 is 0. The molecule has 0 heterocycles. The van der Waals surface area contributed by atoms with Crippen molar-refractivity contribution in [1.82, 2.24) is 0 Å². The van der Waals surface area contributed by atoms with E-state index in [0.717, 1.165) is 0 Å². The van der Waals surface area contributed by atoms with Gasteiger partial charge >= 0.3 is 0 Å². The number of rotatable bonds is 34. The van der Waals surface area contributed by atoms with Crippen LogP contribution in [0.5, 0.6) is 0 Å². The molecule has 230 valence electrons. The van der Waals surface area contributed by atoms with Gasteiger partial charge in [-0.3, -0.25) is 0 Å². The highest BCUT2D eigenvalue weighted by molar-refractivity contribution is 7.96. The van der Waals surface area contributed by atoms with Crippen molar-refractivity contribution in [1.29, 1.82) is 0 Å². The lowest BCUT2D eigenvalue weighted by atomic mass is 10.0. The Labute approximate surface area is 247 Å². The van der Waals surface area contributed by atoms with Crippen LogP contribution >= 0.6 is 0 Å². The lowest BCUT2D eigenvalue weighted by Crippen LogP contribution is -2.10. The van der Waals surface area contributed by atoms with E-state index in [9.17, 15) is 0 Å². The predicted molar refractivity (Wildman–Crippen MR) is 182 cm³/mol. The quantitative estimate of drug-likeness (QED) is 0.0549.